The maximum Gasteiger partial charge on any atom is 0.178 e. The van der Waals surface area contributed by atoms with Crippen LogP contribution in [-0.2, 0) is 2.69 Å². The zero-order valence-corrected chi connectivity index (χ0v) is 11.0. The van der Waals surface area contributed by atoms with Crippen molar-refractivity contribution in [3.8, 4) is 5.75 Å². The molecule has 0 aliphatic rings. The van der Waals surface area contributed by atoms with Crippen molar-refractivity contribution >= 4 is 43.5 Å². The van der Waals surface area contributed by atoms with E-state index in [1.807, 2.05) is 31.2 Å². The summed E-state index contributed by atoms with van der Waals surface area (Å²) in [6, 6.07) is 7.58. The molecule has 0 atom stereocenters. The second-order valence-corrected chi connectivity index (χ2v) is 7.38. The van der Waals surface area contributed by atoms with Crippen LogP contribution >= 0.6 is 43.5 Å². The van der Waals surface area contributed by atoms with Gasteiger partial charge in [0.05, 0.1) is 6.61 Å². The van der Waals surface area contributed by atoms with Gasteiger partial charge in [0.25, 0.3) is 0 Å². The van der Waals surface area contributed by atoms with E-state index in [0.717, 1.165) is 11.3 Å². The number of alkyl halides is 3. The van der Waals surface area contributed by atoms with Crippen LogP contribution < -0.4 is 4.74 Å². The Morgan fingerprint density at radius 3 is 2.23 bits per heavy atom. The van der Waals surface area contributed by atoms with E-state index in [0.29, 0.717) is 6.61 Å². The van der Waals surface area contributed by atoms with E-state index >= 15 is 0 Å². The topological polar surface area (TPSA) is 9.23 Å². The van der Waals surface area contributed by atoms with Crippen LogP contribution in [0.2, 0.25) is 0 Å². The molecular formula is C9H9Br2ClO. The largest absolute Gasteiger partial charge is 0.494 e. The molecule has 1 aromatic carbocycles. The van der Waals surface area contributed by atoms with Gasteiger partial charge in [-0.2, -0.15) is 0 Å². The van der Waals surface area contributed by atoms with Crippen LogP contribution in [0.25, 0.3) is 0 Å². The molecule has 13 heavy (non-hydrogen) atoms. The third-order valence-corrected chi connectivity index (χ3v) is 2.63. The molecular weight excluding hydrogens is 319 g/mol. The van der Waals surface area contributed by atoms with Gasteiger partial charge in [0, 0.05) is 0 Å². The molecule has 0 bridgehead atoms. The predicted molar refractivity (Wildman–Crippen MR) is 63.0 cm³/mol. The summed E-state index contributed by atoms with van der Waals surface area (Å²) in [5.41, 5.74) is 0.942. The smallest absolute Gasteiger partial charge is 0.178 e. The molecule has 0 aliphatic heterocycles. The zero-order valence-electron chi connectivity index (χ0n) is 7.06. The van der Waals surface area contributed by atoms with Crippen molar-refractivity contribution in [3.63, 3.8) is 0 Å². The van der Waals surface area contributed by atoms with Crippen LogP contribution in [-0.4, -0.2) is 6.61 Å². The molecule has 0 spiro atoms. The fourth-order valence-electron chi connectivity index (χ4n) is 0.907. The molecule has 0 aliphatic carbocycles. The first kappa shape index (κ1) is 11.3. The highest BCUT2D eigenvalue weighted by molar-refractivity contribution is 9.25. The Bertz CT molecular complexity index is 266. The van der Waals surface area contributed by atoms with Crippen molar-refractivity contribution in [3.05, 3.63) is 29.8 Å². The van der Waals surface area contributed by atoms with Gasteiger partial charge in [0.2, 0.25) is 0 Å². The fourth-order valence-corrected chi connectivity index (χ4v) is 1.56. The van der Waals surface area contributed by atoms with Crippen LogP contribution in [0.4, 0.5) is 0 Å². The second-order valence-electron chi connectivity index (χ2n) is 2.46. The summed E-state index contributed by atoms with van der Waals surface area (Å²) in [6.07, 6.45) is 0. The lowest BCUT2D eigenvalue weighted by molar-refractivity contribution is 0.340. The highest BCUT2D eigenvalue weighted by atomic mass is 79.9. The van der Waals surface area contributed by atoms with Crippen LogP contribution in [0.1, 0.15) is 12.5 Å². The molecule has 1 aromatic rings. The number of benzene rings is 1. The van der Waals surface area contributed by atoms with E-state index in [4.69, 9.17) is 16.3 Å². The van der Waals surface area contributed by atoms with Gasteiger partial charge >= 0.3 is 0 Å². The van der Waals surface area contributed by atoms with Gasteiger partial charge in [-0.15, -0.1) is 0 Å². The van der Waals surface area contributed by atoms with Gasteiger partial charge in [-0.1, -0.05) is 23.7 Å². The van der Waals surface area contributed by atoms with Gasteiger partial charge < -0.3 is 4.74 Å². The lowest BCUT2D eigenvalue weighted by Crippen LogP contribution is -1.98. The molecule has 0 N–H and O–H groups in total. The molecule has 1 rings (SSSR count). The number of hydrogen-bond donors (Lipinski definition) is 0. The normalized spacial score (nSPS) is 11.4. The van der Waals surface area contributed by atoms with Gasteiger partial charge in [-0.05, 0) is 56.5 Å². The molecule has 4 heteroatoms. The first-order valence-corrected chi connectivity index (χ1v) is 5.80. The minimum absolute atomic E-state index is 0.675. The van der Waals surface area contributed by atoms with Crippen LogP contribution in [0, 0.1) is 0 Å². The second kappa shape index (κ2) is 4.67. The number of rotatable bonds is 3. The summed E-state index contributed by atoms with van der Waals surface area (Å²) in [4.78, 5) is 0. The summed E-state index contributed by atoms with van der Waals surface area (Å²) in [5, 5.41) is 0. The van der Waals surface area contributed by atoms with E-state index in [2.05, 4.69) is 31.9 Å². The van der Waals surface area contributed by atoms with Gasteiger partial charge in [-0.25, -0.2) is 0 Å². The lowest BCUT2D eigenvalue weighted by atomic mass is 10.2. The molecule has 0 unspecified atom stereocenters. The van der Waals surface area contributed by atoms with Crippen LogP contribution in [0.5, 0.6) is 5.75 Å². The molecule has 0 saturated heterocycles. The Morgan fingerprint density at radius 2 is 1.85 bits per heavy atom. The molecule has 72 valence electrons. The fraction of sp³-hybridized carbons (Fsp3) is 0.333. The van der Waals surface area contributed by atoms with Crippen LogP contribution in [0.15, 0.2) is 24.3 Å². The van der Waals surface area contributed by atoms with E-state index < -0.39 is 2.69 Å². The van der Waals surface area contributed by atoms with Gasteiger partial charge in [0.1, 0.15) is 5.75 Å². The SMILES string of the molecule is CCOc1ccc(C(Cl)(Br)Br)cc1. The van der Waals surface area contributed by atoms with Crippen LogP contribution in [0.3, 0.4) is 0 Å². The molecule has 0 amide bonds. The first-order valence-electron chi connectivity index (χ1n) is 3.84. The molecule has 0 fully saturated rings. The Balaban J connectivity index is 2.81. The van der Waals surface area contributed by atoms with Crippen molar-refractivity contribution in [2.45, 2.75) is 9.62 Å². The minimum Gasteiger partial charge on any atom is -0.494 e. The highest BCUT2D eigenvalue weighted by Crippen LogP contribution is 2.42. The monoisotopic (exact) mass is 326 g/mol. The van der Waals surface area contributed by atoms with Crippen molar-refractivity contribution < 1.29 is 4.74 Å². The summed E-state index contributed by atoms with van der Waals surface area (Å²) >= 11 is 12.6. The van der Waals surface area contributed by atoms with Crippen molar-refractivity contribution in [1.82, 2.24) is 0 Å². The third kappa shape index (κ3) is 3.49. The molecule has 0 radical (unpaired) electrons. The van der Waals surface area contributed by atoms with E-state index in [-0.39, 0.29) is 0 Å². The number of halogens is 3. The Hall–Kier alpha value is 0.270. The maximum atomic E-state index is 5.98. The van der Waals surface area contributed by atoms with E-state index in [1.54, 1.807) is 0 Å². The van der Waals surface area contributed by atoms with Crippen molar-refractivity contribution in [2.75, 3.05) is 6.61 Å². The maximum absolute atomic E-state index is 5.98. The predicted octanol–water partition coefficient (Wildman–Crippen LogP) is 4.22. The highest BCUT2D eigenvalue weighted by Gasteiger charge is 2.20. The Kier molecular flexibility index (Phi) is 4.07. The van der Waals surface area contributed by atoms with E-state index in [1.165, 1.54) is 0 Å². The molecule has 1 nitrogen and oxygen atoms in total. The minimum atomic E-state index is -0.676. The standard InChI is InChI=1S/C9H9Br2ClO/c1-2-13-8-5-3-7(4-6-8)9(10,11)12/h3-6H,2H2,1H3. The van der Waals surface area contributed by atoms with Gasteiger partial charge in [0.15, 0.2) is 2.69 Å². The molecule has 0 heterocycles. The number of ether oxygens (including phenoxy) is 1. The summed E-state index contributed by atoms with van der Waals surface area (Å²) < 4.78 is 4.62. The Morgan fingerprint density at radius 1 is 1.31 bits per heavy atom. The van der Waals surface area contributed by atoms with Crippen molar-refractivity contribution in [1.29, 1.82) is 0 Å². The quantitative estimate of drug-likeness (QED) is 0.755. The average Bonchev–Trinajstić information content (AvgIpc) is 2.04. The third-order valence-electron chi connectivity index (χ3n) is 1.49. The molecule has 0 saturated carbocycles. The first-order chi connectivity index (χ1) is 6.04. The Labute approximate surface area is 99.7 Å². The summed E-state index contributed by atoms with van der Waals surface area (Å²) in [6.45, 7) is 2.63. The van der Waals surface area contributed by atoms with Crippen molar-refractivity contribution in [2.24, 2.45) is 0 Å². The lowest BCUT2D eigenvalue weighted by Gasteiger charge is -2.12. The average molecular weight is 328 g/mol. The van der Waals surface area contributed by atoms with E-state index in [9.17, 15) is 0 Å². The number of hydrogen-bond acceptors (Lipinski definition) is 1. The van der Waals surface area contributed by atoms with Gasteiger partial charge in [-0.3, -0.25) is 0 Å². The summed E-state index contributed by atoms with van der Waals surface area (Å²) in [5.74, 6) is 0.854. The summed E-state index contributed by atoms with van der Waals surface area (Å²) in [7, 11) is 0. The zero-order chi connectivity index (χ0) is 9.90. The molecule has 0 aromatic heterocycles.